The smallest absolute Gasteiger partial charge is 0.269 e. The van der Waals surface area contributed by atoms with Gasteiger partial charge in [-0.15, -0.1) is 0 Å². The van der Waals surface area contributed by atoms with Crippen molar-refractivity contribution in [2.24, 2.45) is 5.92 Å². The topological polar surface area (TPSA) is 79.5 Å². The van der Waals surface area contributed by atoms with E-state index >= 15 is 0 Å². The normalized spacial score (nSPS) is 10.3. The fourth-order valence-electron chi connectivity index (χ4n) is 2.32. The zero-order chi connectivity index (χ0) is 20.5. The van der Waals surface area contributed by atoms with Crippen molar-refractivity contribution in [2.75, 3.05) is 6.61 Å². The van der Waals surface area contributed by atoms with E-state index in [2.05, 4.69) is 30.0 Å². The molecule has 0 unspecified atom stereocenters. The average Bonchev–Trinajstić information content (AvgIpc) is 2.66. The van der Waals surface area contributed by atoms with Crippen molar-refractivity contribution in [1.29, 1.82) is 0 Å². The van der Waals surface area contributed by atoms with Crippen molar-refractivity contribution in [2.45, 2.75) is 27.2 Å². The Morgan fingerprint density at radius 3 is 2.36 bits per heavy atom. The van der Waals surface area contributed by atoms with E-state index in [9.17, 15) is 9.59 Å². The molecular formula is C21H25N3O3S. The summed E-state index contributed by atoms with van der Waals surface area (Å²) >= 11 is 5.07. The molecule has 0 aliphatic heterocycles. The Morgan fingerprint density at radius 1 is 1.00 bits per heavy atom. The Hall–Kier alpha value is -2.93. The Bertz CT molecular complexity index is 852. The first-order chi connectivity index (χ1) is 13.3. The minimum atomic E-state index is -0.392. The van der Waals surface area contributed by atoms with Crippen LogP contribution in [0, 0.1) is 12.8 Å². The van der Waals surface area contributed by atoms with Crippen LogP contribution in [0.5, 0.6) is 5.75 Å². The highest BCUT2D eigenvalue weighted by atomic mass is 32.1. The number of aryl methyl sites for hydroxylation is 1. The molecule has 0 radical (unpaired) electrons. The molecule has 2 rings (SSSR count). The third kappa shape index (κ3) is 7.00. The van der Waals surface area contributed by atoms with Gasteiger partial charge in [0.05, 0.1) is 6.61 Å². The van der Waals surface area contributed by atoms with Gasteiger partial charge in [0.25, 0.3) is 11.8 Å². The number of thiocarbonyl (C=S) groups is 1. The van der Waals surface area contributed by atoms with Gasteiger partial charge in [-0.25, -0.2) is 0 Å². The Morgan fingerprint density at radius 2 is 1.68 bits per heavy atom. The van der Waals surface area contributed by atoms with Crippen LogP contribution < -0.4 is 20.9 Å². The minimum Gasteiger partial charge on any atom is -0.494 e. The van der Waals surface area contributed by atoms with Crippen LogP contribution in [0.15, 0.2) is 48.5 Å². The van der Waals surface area contributed by atoms with Crippen LogP contribution in [0.3, 0.4) is 0 Å². The molecule has 0 aliphatic carbocycles. The molecule has 0 bridgehead atoms. The van der Waals surface area contributed by atoms with Crippen molar-refractivity contribution in [3.05, 3.63) is 65.2 Å². The molecule has 0 spiro atoms. The summed E-state index contributed by atoms with van der Waals surface area (Å²) in [5, 5.41) is 2.52. The van der Waals surface area contributed by atoms with E-state index in [-0.39, 0.29) is 11.0 Å². The third-order valence-electron chi connectivity index (χ3n) is 3.86. The van der Waals surface area contributed by atoms with Crippen molar-refractivity contribution < 1.29 is 14.3 Å². The Balaban J connectivity index is 1.85. The molecule has 0 aromatic heterocycles. The van der Waals surface area contributed by atoms with Crippen LogP contribution in [0.25, 0.3) is 0 Å². The lowest BCUT2D eigenvalue weighted by atomic mass is 10.1. The Kier molecular flexibility index (Phi) is 7.95. The number of carbonyl (C=O) groups excluding carboxylic acids is 2. The maximum absolute atomic E-state index is 12.3. The monoisotopic (exact) mass is 399 g/mol. The molecule has 2 aromatic carbocycles. The number of benzene rings is 2. The standard InChI is InChI=1S/C21H25N3O3S/c1-14(2)10-11-27-18-9-5-8-17(13-18)19(25)22-21(28)24-23-20(26)16-7-4-6-15(3)12-16/h4-9,12-14H,10-11H2,1-3H3,(H,23,26)(H2,22,24,25,28). The summed E-state index contributed by atoms with van der Waals surface area (Å²) in [5.41, 5.74) is 6.87. The molecule has 0 saturated heterocycles. The van der Waals surface area contributed by atoms with Gasteiger partial charge < -0.3 is 4.74 Å². The molecule has 0 atom stereocenters. The molecule has 0 saturated carbocycles. The Labute approximate surface area is 170 Å². The van der Waals surface area contributed by atoms with Crippen LogP contribution in [-0.2, 0) is 0 Å². The largest absolute Gasteiger partial charge is 0.494 e. The molecule has 28 heavy (non-hydrogen) atoms. The van der Waals surface area contributed by atoms with E-state index in [1.807, 2.05) is 13.0 Å². The van der Waals surface area contributed by atoms with Gasteiger partial charge in [-0.2, -0.15) is 0 Å². The van der Waals surface area contributed by atoms with Crippen molar-refractivity contribution in [1.82, 2.24) is 16.2 Å². The second-order valence-corrected chi connectivity index (χ2v) is 7.20. The molecule has 2 amide bonds. The van der Waals surface area contributed by atoms with Gasteiger partial charge in [0.1, 0.15) is 5.75 Å². The van der Waals surface area contributed by atoms with Gasteiger partial charge in [0.2, 0.25) is 0 Å². The molecule has 3 N–H and O–H groups in total. The summed E-state index contributed by atoms with van der Waals surface area (Å²) in [7, 11) is 0. The molecule has 0 fully saturated rings. The zero-order valence-corrected chi connectivity index (χ0v) is 17.1. The summed E-state index contributed by atoms with van der Waals surface area (Å²) in [6.45, 7) is 6.74. The summed E-state index contributed by atoms with van der Waals surface area (Å²) in [5.74, 6) is 0.433. The number of nitrogens with one attached hydrogen (secondary N) is 3. The minimum absolute atomic E-state index is 0.00266. The molecule has 0 heterocycles. The average molecular weight is 400 g/mol. The van der Waals surface area contributed by atoms with Crippen molar-refractivity contribution in [3.63, 3.8) is 0 Å². The van der Waals surface area contributed by atoms with Crippen LogP contribution in [0.1, 0.15) is 46.5 Å². The van der Waals surface area contributed by atoms with Gasteiger partial charge in [0, 0.05) is 11.1 Å². The van der Waals surface area contributed by atoms with E-state index in [0.29, 0.717) is 29.4 Å². The molecule has 2 aromatic rings. The molecule has 7 heteroatoms. The molecular weight excluding hydrogens is 374 g/mol. The number of ether oxygens (including phenoxy) is 1. The first kappa shape index (κ1) is 21.4. The van der Waals surface area contributed by atoms with E-state index in [0.717, 1.165) is 12.0 Å². The SMILES string of the molecule is Cc1cccc(C(=O)NNC(=S)NC(=O)c2cccc(OCCC(C)C)c2)c1. The molecule has 6 nitrogen and oxygen atoms in total. The lowest BCUT2D eigenvalue weighted by Crippen LogP contribution is -2.48. The summed E-state index contributed by atoms with van der Waals surface area (Å²) < 4.78 is 5.66. The quantitative estimate of drug-likeness (QED) is 0.513. The number of rotatable bonds is 6. The maximum atomic E-state index is 12.3. The van der Waals surface area contributed by atoms with E-state index in [1.54, 1.807) is 42.5 Å². The fraction of sp³-hybridized carbons (Fsp3) is 0.286. The molecule has 0 aliphatic rings. The van der Waals surface area contributed by atoms with Crippen LogP contribution in [0.2, 0.25) is 0 Å². The van der Waals surface area contributed by atoms with E-state index < -0.39 is 5.91 Å². The fourth-order valence-corrected chi connectivity index (χ4v) is 2.46. The number of hydrazine groups is 1. The number of carbonyl (C=O) groups is 2. The highest BCUT2D eigenvalue weighted by molar-refractivity contribution is 7.80. The predicted octanol–water partition coefficient (Wildman–Crippen LogP) is 3.37. The maximum Gasteiger partial charge on any atom is 0.269 e. The summed E-state index contributed by atoms with van der Waals surface area (Å²) in [6, 6.07) is 14.0. The van der Waals surface area contributed by atoms with Crippen molar-refractivity contribution in [3.8, 4) is 5.75 Å². The number of amides is 2. The highest BCUT2D eigenvalue weighted by Crippen LogP contribution is 2.14. The van der Waals surface area contributed by atoms with Gasteiger partial charge in [0.15, 0.2) is 5.11 Å². The number of hydrogen-bond acceptors (Lipinski definition) is 4. The van der Waals surface area contributed by atoms with Gasteiger partial charge in [-0.1, -0.05) is 37.6 Å². The van der Waals surface area contributed by atoms with E-state index in [4.69, 9.17) is 17.0 Å². The zero-order valence-electron chi connectivity index (χ0n) is 16.2. The second kappa shape index (κ2) is 10.4. The summed E-state index contributed by atoms with van der Waals surface area (Å²) in [6.07, 6.45) is 0.936. The number of hydrogen-bond donors (Lipinski definition) is 3. The lowest BCUT2D eigenvalue weighted by Gasteiger charge is -2.12. The first-order valence-corrected chi connectivity index (χ1v) is 9.47. The highest BCUT2D eigenvalue weighted by Gasteiger charge is 2.10. The van der Waals surface area contributed by atoms with Gasteiger partial charge in [-0.05, 0) is 61.8 Å². The first-order valence-electron chi connectivity index (χ1n) is 9.06. The van der Waals surface area contributed by atoms with Crippen LogP contribution in [-0.4, -0.2) is 23.5 Å². The van der Waals surface area contributed by atoms with Gasteiger partial charge in [-0.3, -0.25) is 25.8 Å². The predicted molar refractivity (Wildman–Crippen MR) is 113 cm³/mol. The van der Waals surface area contributed by atoms with Crippen molar-refractivity contribution >= 4 is 29.1 Å². The molecule has 148 valence electrons. The van der Waals surface area contributed by atoms with Crippen LogP contribution in [0.4, 0.5) is 0 Å². The second-order valence-electron chi connectivity index (χ2n) is 6.79. The van der Waals surface area contributed by atoms with E-state index in [1.165, 1.54) is 0 Å². The third-order valence-corrected chi connectivity index (χ3v) is 4.06. The van der Waals surface area contributed by atoms with Gasteiger partial charge >= 0.3 is 0 Å². The summed E-state index contributed by atoms with van der Waals surface area (Å²) in [4.78, 5) is 24.4. The lowest BCUT2D eigenvalue weighted by molar-refractivity contribution is 0.0934. The van der Waals surface area contributed by atoms with Crippen LogP contribution >= 0.6 is 12.2 Å².